The number of methoxy groups -OCH3 is 1. The van der Waals surface area contributed by atoms with Crippen LogP contribution in [0, 0.1) is 0 Å². The van der Waals surface area contributed by atoms with Crippen LogP contribution in [0.3, 0.4) is 0 Å². The van der Waals surface area contributed by atoms with Crippen LogP contribution >= 0.6 is 0 Å². The molecular formula is C16H16N4O3S. The molecule has 0 aliphatic heterocycles. The Hall–Kier alpha value is -2.74. The summed E-state index contributed by atoms with van der Waals surface area (Å²) in [6.07, 6.45) is 0. The molecule has 8 heteroatoms. The molecule has 0 amide bonds. The molecule has 0 radical (unpaired) electrons. The van der Waals surface area contributed by atoms with Gasteiger partial charge in [-0.05, 0) is 40.3 Å². The van der Waals surface area contributed by atoms with Crippen LogP contribution in [0.1, 0.15) is 11.4 Å². The molecule has 0 saturated carbocycles. The van der Waals surface area contributed by atoms with Crippen molar-refractivity contribution in [3.63, 3.8) is 0 Å². The number of para-hydroxylation sites is 1. The average molecular weight is 344 g/mol. The molecule has 0 aliphatic rings. The van der Waals surface area contributed by atoms with E-state index in [0.717, 1.165) is 0 Å². The molecule has 0 fully saturated rings. The van der Waals surface area contributed by atoms with E-state index < -0.39 is 9.84 Å². The maximum atomic E-state index is 12.5. The monoisotopic (exact) mass is 344 g/mol. The first kappa shape index (κ1) is 16.1. The van der Waals surface area contributed by atoms with Gasteiger partial charge >= 0.3 is 0 Å². The molecular weight excluding hydrogens is 328 g/mol. The summed E-state index contributed by atoms with van der Waals surface area (Å²) in [7, 11) is -1.89. The van der Waals surface area contributed by atoms with Gasteiger partial charge in [-0.25, -0.2) is 8.42 Å². The number of rotatable bonds is 6. The molecule has 124 valence electrons. The molecule has 24 heavy (non-hydrogen) atoms. The summed E-state index contributed by atoms with van der Waals surface area (Å²) in [6.45, 7) is 0. The number of benzene rings is 2. The van der Waals surface area contributed by atoms with Gasteiger partial charge in [-0.3, -0.25) is 0 Å². The number of sulfone groups is 1. The Kier molecular flexibility index (Phi) is 4.57. The van der Waals surface area contributed by atoms with E-state index in [-0.39, 0.29) is 17.3 Å². The third-order valence-corrected chi connectivity index (χ3v) is 4.88. The van der Waals surface area contributed by atoms with E-state index in [1.165, 1.54) is 4.68 Å². The first-order valence-corrected chi connectivity index (χ1v) is 9.05. The summed E-state index contributed by atoms with van der Waals surface area (Å²) >= 11 is 0. The Balaban J connectivity index is 1.82. The maximum Gasteiger partial charge on any atom is 0.171 e. The Bertz CT molecular complexity index is 923. The van der Waals surface area contributed by atoms with E-state index >= 15 is 0 Å². The van der Waals surface area contributed by atoms with E-state index in [0.29, 0.717) is 17.0 Å². The first-order chi connectivity index (χ1) is 11.6. The van der Waals surface area contributed by atoms with E-state index in [2.05, 4.69) is 15.5 Å². The highest BCUT2D eigenvalue weighted by Crippen LogP contribution is 2.17. The van der Waals surface area contributed by atoms with Crippen molar-refractivity contribution in [2.24, 2.45) is 0 Å². The van der Waals surface area contributed by atoms with Crippen molar-refractivity contribution in [3.05, 3.63) is 66.0 Å². The van der Waals surface area contributed by atoms with Crippen molar-refractivity contribution in [1.82, 2.24) is 20.2 Å². The van der Waals surface area contributed by atoms with Crippen LogP contribution in [0.25, 0.3) is 5.69 Å². The smallest absolute Gasteiger partial charge is 0.171 e. The third kappa shape index (κ3) is 3.77. The van der Waals surface area contributed by atoms with Gasteiger partial charge < -0.3 is 4.74 Å². The first-order valence-electron chi connectivity index (χ1n) is 7.23. The second-order valence-corrected chi connectivity index (χ2v) is 7.29. The van der Waals surface area contributed by atoms with Crippen LogP contribution < -0.4 is 4.74 Å². The summed E-state index contributed by atoms with van der Waals surface area (Å²) in [5, 5.41) is 11.3. The van der Waals surface area contributed by atoms with Crippen molar-refractivity contribution >= 4 is 9.84 Å². The molecule has 0 aliphatic carbocycles. The lowest BCUT2D eigenvalue weighted by molar-refractivity contribution is 0.414. The van der Waals surface area contributed by atoms with Crippen LogP contribution in [0.15, 0.2) is 54.6 Å². The summed E-state index contributed by atoms with van der Waals surface area (Å²) in [5.41, 5.74) is 1.38. The highest BCUT2D eigenvalue weighted by Gasteiger charge is 2.19. The largest absolute Gasteiger partial charge is 0.497 e. The minimum Gasteiger partial charge on any atom is -0.497 e. The van der Waals surface area contributed by atoms with Gasteiger partial charge in [-0.1, -0.05) is 30.3 Å². The molecule has 0 saturated heterocycles. The Morgan fingerprint density at radius 2 is 1.83 bits per heavy atom. The van der Waals surface area contributed by atoms with Crippen molar-refractivity contribution in [1.29, 1.82) is 0 Å². The molecule has 7 nitrogen and oxygen atoms in total. The van der Waals surface area contributed by atoms with E-state index in [1.807, 2.05) is 30.3 Å². The van der Waals surface area contributed by atoms with Crippen LogP contribution in [-0.4, -0.2) is 35.7 Å². The maximum absolute atomic E-state index is 12.5. The van der Waals surface area contributed by atoms with Crippen LogP contribution in [-0.2, 0) is 21.3 Å². The highest BCUT2D eigenvalue weighted by molar-refractivity contribution is 7.89. The van der Waals surface area contributed by atoms with Gasteiger partial charge in [-0.15, -0.1) is 5.10 Å². The highest BCUT2D eigenvalue weighted by atomic mass is 32.2. The Morgan fingerprint density at radius 3 is 2.58 bits per heavy atom. The molecule has 3 rings (SSSR count). The number of ether oxygens (including phenoxy) is 1. The van der Waals surface area contributed by atoms with Gasteiger partial charge in [0.1, 0.15) is 11.5 Å². The number of nitrogens with zero attached hydrogens (tertiary/aromatic N) is 4. The van der Waals surface area contributed by atoms with Crippen molar-refractivity contribution < 1.29 is 13.2 Å². The van der Waals surface area contributed by atoms with Gasteiger partial charge in [0.25, 0.3) is 0 Å². The number of aromatic nitrogens is 4. The van der Waals surface area contributed by atoms with Crippen LogP contribution in [0.2, 0.25) is 0 Å². The van der Waals surface area contributed by atoms with Crippen molar-refractivity contribution in [3.8, 4) is 11.4 Å². The molecule has 1 heterocycles. The fourth-order valence-electron chi connectivity index (χ4n) is 2.33. The summed E-state index contributed by atoms with van der Waals surface area (Å²) in [6, 6.07) is 16.2. The van der Waals surface area contributed by atoms with Gasteiger partial charge in [0.05, 0.1) is 18.6 Å². The minimum absolute atomic E-state index is 0.105. The second kappa shape index (κ2) is 6.79. The topological polar surface area (TPSA) is 87.0 Å². The Morgan fingerprint density at radius 1 is 1.04 bits per heavy atom. The summed E-state index contributed by atoms with van der Waals surface area (Å²) < 4.78 is 31.6. The molecule has 0 bridgehead atoms. The fourth-order valence-corrected chi connectivity index (χ4v) is 3.69. The third-order valence-electron chi connectivity index (χ3n) is 3.40. The normalized spacial score (nSPS) is 11.4. The molecule has 0 N–H and O–H groups in total. The predicted octanol–water partition coefficient (Wildman–Crippen LogP) is 1.79. The minimum atomic E-state index is -3.43. The standard InChI is InChI=1S/C16H16N4O3S/c1-23-15-9-5-6-13(10-15)11-24(21,22)12-16-17-18-19-20(16)14-7-3-2-4-8-14/h2-10H,11-12H2,1H3. The lowest BCUT2D eigenvalue weighted by Gasteiger charge is -2.07. The van der Waals surface area contributed by atoms with Crippen LogP contribution in [0.5, 0.6) is 5.75 Å². The van der Waals surface area contributed by atoms with Gasteiger partial charge in [0.15, 0.2) is 15.7 Å². The number of hydrogen-bond acceptors (Lipinski definition) is 6. The summed E-state index contributed by atoms with van der Waals surface area (Å²) in [5.74, 6) is 0.554. The molecule has 1 aromatic heterocycles. The molecule has 0 spiro atoms. The summed E-state index contributed by atoms with van der Waals surface area (Å²) in [4.78, 5) is 0. The number of hydrogen-bond donors (Lipinski definition) is 0. The molecule has 0 unspecified atom stereocenters. The van der Waals surface area contributed by atoms with E-state index in [1.54, 1.807) is 31.4 Å². The molecule has 0 atom stereocenters. The fraction of sp³-hybridized carbons (Fsp3) is 0.188. The zero-order valence-electron chi connectivity index (χ0n) is 13.0. The lowest BCUT2D eigenvalue weighted by Crippen LogP contribution is -2.12. The predicted molar refractivity (Wildman–Crippen MR) is 88.5 cm³/mol. The van der Waals surface area contributed by atoms with Gasteiger partial charge in [0.2, 0.25) is 0 Å². The van der Waals surface area contributed by atoms with Gasteiger partial charge in [-0.2, -0.15) is 4.68 Å². The van der Waals surface area contributed by atoms with Crippen molar-refractivity contribution in [2.75, 3.05) is 7.11 Å². The second-order valence-electron chi connectivity index (χ2n) is 5.23. The zero-order chi connectivity index (χ0) is 17.0. The van der Waals surface area contributed by atoms with Crippen LogP contribution in [0.4, 0.5) is 0 Å². The van der Waals surface area contributed by atoms with Gasteiger partial charge in [0, 0.05) is 0 Å². The average Bonchev–Trinajstić information content (AvgIpc) is 3.02. The SMILES string of the molecule is COc1cccc(CS(=O)(=O)Cc2nnnn2-c2ccccc2)c1. The quantitative estimate of drug-likeness (QED) is 0.677. The van der Waals surface area contributed by atoms with Crippen molar-refractivity contribution in [2.45, 2.75) is 11.5 Å². The lowest BCUT2D eigenvalue weighted by atomic mass is 10.2. The Labute approximate surface area is 139 Å². The molecule has 3 aromatic rings. The molecule has 2 aromatic carbocycles. The van der Waals surface area contributed by atoms with E-state index in [4.69, 9.17) is 4.74 Å². The number of tetrazole rings is 1. The van der Waals surface area contributed by atoms with E-state index in [9.17, 15) is 8.42 Å². The zero-order valence-corrected chi connectivity index (χ0v) is 13.8.